The predicted octanol–water partition coefficient (Wildman–Crippen LogP) is 3.90. The number of anilines is 1. The second-order valence-corrected chi connectivity index (χ2v) is 5.24. The summed E-state index contributed by atoms with van der Waals surface area (Å²) in [4.78, 5) is 4.39. The van der Waals surface area contributed by atoms with E-state index in [0.29, 0.717) is 12.5 Å². The number of nitrogens with one attached hydrogen (secondary N) is 1. The molecule has 0 aliphatic heterocycles. The Morgan fingerprint density at radius 2 is 1.70 bits per heavy atom. The molecule has 0 fully saturated rings. The van der Waals surface area contributed by atoms with Crippen LogP contribution in [0.4, 0.5) is 5.69 Å². The summed E-state index contributed by atoms with van der Waals surface area (Å²) in [5.74, 6) is 1.24. The van der Waals surface area contributed by atoms with Crippen LogP contribution in [0, 0.1) is 13.8 Å². The maximum absolute atomic E-state index is 5.92. The largest absolute Gasteiger partial charge is 0.497 e. The van der Waals surface area contributed by atoms with Gasteiger partial charge in [0.2, 0.25) is 0 Å². The summed E-state index contributed by atoms with van der Waals surface area (Å²) in [6.45, 7) is 4.93. The number of ether oxygens (including phenoxy) is 1. The van der Waals surface area contributed by atoms with Gasteiger partial charge >= 0.3 is 0 Å². The third-order valence-corrected chi connectivity index (χ3v) is 3.65. The fraction of sp³-hybridized carbons (Fsp3) is 0.278. The lowest BCUT2D eigenvalue weighted by Gasteiger charge is -2.09. The van der Waals surface area contributed by atoms with Gasteiger partial charge in [0, 0.05) is 12.2 Å². The number of hydrogen-bond acceptors (Lipinski definition) is 2. The summed E-state index contributed by atoms with van der Waals surface area (Å²) in [5.41, 5.74) is 10.8. The lowest BCUT2D eigenvalue weighted by molar-refractivity contribution is 0.415. The summed E-state index contributed by atoms with van der Waals surface area (Å²) >= 11 is 0. The smallest absolute Gasteiger partial charge is 0.193 e. The topological polar surface area (TPSA) is 59.6 Å². The van der Waals surface area contributed by atoms with Gasteiger partial charge in [-0.05, 0) is 61.2 Å². The molecule has 0 aliphatic carbocycles. The zero-order valence-corrected chi connectivity index (χ0v) is 16.1. The Morgan fingerprint density at radius 3 is 2.26 bits per heavy atom. The molecule has 0 spiro atoms. The van der Waals surface area contributed by atoms with E-state index >= 15 is 0 Å². The van der Waals surface area contributed by atoms with Crippen molar-refractivity contribution in [3.63, 3.8) is 0 Å². The highest BCUT2D eigenvalue weighted by atomic mass is 127. The van der Waals surface area contributed by atoms with Crippen LogP contribution in [-0.4, -0.2) is 19.6 Å². The lowest BCUT2D eigenvalue weighted by Crippen LogP contribution is -2.23. The Morgan fingerprint density at radius 1 is 1.09 bits per heavy atom. The van der Waals surface area contributed by atoms with Crippen molar-refractivity contribution in [2.45, 2.75) is 20.3 Å². The minimum Gasteiger partial charge on any atom is -0.497 e. The first kappa shape index (κ1) is 19.3. The van der Waals surface area contributed by atoms with Crippen molar-refractivity contribution < 1.29 is 4.74 Å². The fourth-order valence-corrected chi connectivity index (χ4v) is 2.39. The van der Waals surface area contributed by atoms with Gasteiger partial charge in [0.15, 0.2) is 5.96 Å². The Hall–Kier alpha value is -1.76. The van der Waals surface area contributed by atoms with Crippen molar-refractivity contribution in [2.75, 3.05) is 19.0 Å². The van der Waals surface area contributed by atoms with Crippen molar-refractivity contribution in [1.82, 2.24) is 0 Å². The van der Waals surface area contributed by atoms with Crippen LogP contribution in [0.3, 0.4) is 0 Å². The zero-order valence-electron chi connectivity index (χ0n) is 13.8. The maximum Gasteiger partial charge on any atom is 0.193 e. The Kier molecular flexibility index (Phi) is 7.88. The van der Waals surface area contributed by atoms with Crippen molar-refractivity contribution in [1.29, 1.82) is 0 Å². The predicted molar refractivity (Wildman–Crippen MR) is 108 cm³/mol. The number of aryl methyl sites for hydroxylation is 2. The molecule has 0 saturated heterocycles. The second kappa shape index (κ2) is 9.39. The van der Waals surface area contributed by atoms with Crippen LogP contribution in [0.5, 0.6) is 5.75 Å². The minimum absolute atomic E-state index is 0. The van der Waals surface area contributed by atoms with Crippen molar-refractivity contribution >= 4 is 35.6 Å². The van der Waals surface area contributed by atoms with Crippen LogP contribution in [-0.2, 0) is 6.42 Å². The average Bonchev–Trinajstić information content (AvgIpc) is 2.51. The zero-order chi connectivity index (χ0) is 15.9. The number of aliphatic imine (C=N–C) groups is 1. The SMILES string of the molecule is COc1ccc(NC(N)=NCCc2c(C)cccc2C)cc1.I. The van der Waals surface area contributed by atoms with E-state index in [1.807, 2.05) is 24.3 Å². The second-order valence-electron chi connectivity index (χ2n) is 5.24. The van der Waals surface area contributed by atoms with E-state index in [1.165, 1.54) is 16.7 Å². The van der Waals surface area contributed by atoms with E-state index < -0.39 is 0 Å². The molecule has 2 aromatic carbocycles. The van der Waals surface area contributed by atoms with Crippen LogP contribution in [0.2, 0.25) is 0 Å². The summed E-state index contributed by atoms with van der Waals surface area (Å²) in [6.07, 6.45) is 0.892. The molecule has 0 atom stereocenters. The van der Waals surface area contributed by atoms with E-state index in [0.717, 1.165) is 17.9 Å². The van der Waals surface area contributed by atoms with Gasteiger partial charge in [0.05, 0.1) is 7.11 Å². The molecule has 0 unspecified atom stereocenters. The van der Waals surface area contributed by atoms with Crippen LogP contribution in [0.25, 0.3) is 0 Å². The third-order valence-electron chi connectivity index (χ3n) is 3.65. The molecule has 3 N–H and O–H groups in total. The van der Waals surface area contributed by atoms with Crippen molar-refractivity contribution in [2.24, 2.45) is 10.7 Å². The molecule has 0 bridgehead atoms. The Labute approximate surface area is 155 Å². The summed E-state index contributed by atoms with van der Waals surface area (Å²) < 4.78 is 5.12. The van der Waals surface area contributed by atoms with Gasteiger partial charge in [-0.2, -0.15) is 0 Å². The van der Waals surface area contributed by atoms with E-state index in [9.17, 15) is 0 Å². The Bertz CT molecular complexity index is 634. The molecule has 0 aromatic heterocycles. The van der Waals surface area contributed by atoms with Gasteiger partial charge in [-0.25, -0.2) is 0 Å². The molecule has 0 heterocycles. The van der Waals surface area contributed by atoms with Crippen molar-refractivity contribution in [3.05, 3.63) is 59.2 Å². The highest BCUT2D eigenvalue weighted by Crippen LogP contribution is 2.15. The van der Waals surface area contributed by atoms with E-state index in [2.05, 4.69) is 42.4 Å². The number of methoxy groups -OCH3 is 1. The quantitative estimate of drug-likeness (QED) is 0.434. The number of guanidine groups is 1. The summed E-state index contributed by atoms with van der Waals surface area (Å²) in [5, 5.41) is 3.08. The van der Waals surface area contributed by atoms with Crippen LogP contribution < -0.4 is 15.8 Å². The first-order valence-electron chi connectivity index (χ1n) is 7.36. The van der Waals surface area contributed by atoms with E-state index in [1.54, 1.807) is 7.11 Å². The molecule has 0 amide bonds. The number of nitrogens with two attached hydrogens (primary N) is 1. The molecule has 0 saturated carbocycles. The number of rotatable bonds is 5. The van der Waals surface area contributed by atoms with Gasteiger partial charge in [0.1, 0.15) is 5.75 Å². The maximum atomic E-state index is 5.92. The monoisotopic (exact) mass is 425 g/mol. The van der Waals surface area contributed by atoms with Gasteiger partial charge in [-0.1, -0.05) is 18.2 Å². The van der Waals surface area contributed by atoms with Gasteiger partial charge in [0.25, 0.3) is 0 Å². The lowest BCUT2D eigenvalue weighted by atomic mass is 10.0. The minimum atomic E-state index is 0. The first-order chi connectivity index (χ1) is 10.6. The number of hydrogen-bond donors (Lipinski definition) is 2. The highest BCUT2D eigenvalue weighted by Gasteiger charge is 2.01. The summed E-state index contributed by atoms with van der Waals surface area (Å²) in [6, 6.07) is 13.9. The highest BCUT2D eigenvalue weighted by molar-refractivity contribution is 14.0. The molecule has 4 nitrogen and oxygen atoms in total. The van der Waals surface area contributed by atoms with Crippen LogP contribution in [0.1, 0.15) is 16.7 Å². The number of halogens is 1. The van der Waals surface area contributed by atoms with E-state index in [-0.39, 0.29) is 24.0 Å². The van der Waals surface area contributed by atoms with E-state index in [4.69, 9.17) is 10.5 Å². The first-order valence-corrected chi connectivity index (χ1v) is 7.36. The molecule has 2 aromatic rings. The van der Waals surface area contributed by atoms with Gasteiger partial charge < -0.3 is 15.8 Å². The van der Waals surface area contributed by atoms with Crippen LogP contribution >= 0.6 is 24.0 Å². The van der Waals surface area contributed by atoms with Crippen LogP contribution in [0.15, 0.2) is 47.5 Å². The molecule has 23 heavy (non-hydrogen) atoms. The number of benzene rings is 2. The van der Waals surface area contributed by atoms with Gasteiger partial charge in [-0.3, -0.25) is 4.99 Å². The number of nitrogens with zero attached hydrogens (tertiary/aromatic N) is 1. The molecular formula is C18H24IN3O. The normalized spacial score (nSPS) is 10.8. The molecule has 0 aliphatic rings. The molecule has 124 valence electrons. The summed E-state index contributed by atoms with van der Waals surface area (Å²) in [7, 11) is 1.64. The molecule has 5 heteroatoms. The standard InChI is InChI=1S/C18H23N3O.HI/c1-13-5-4-6-14(2)17(13)11-12-20-18(19)21-15-7-9-16(22-3)10-8-15;/h4-10H,11-12H2,1-3H3,(H3,19,20,21);1H. The Balaban J connectivity index is 0.00000264. The van der Waals surface area contributed by atoms with Crippen molar-refractivity contribution in [3.8, 4) is 5.75 Å². The molecule has 0 radical (unpaired) electrons. The average molecular weight is 425 g/mol. The fourth-order valence-electron chi connectivity index (χ4n) is 2.39. The third kappa shape index (κ3) is 5.74. The molecular weight excluding hydrogens is 401 g/mol. The molecule has 2 rings (SSSR count). The van der Waals surface area contributed by atoms with Gasteiger partial charge in [-0.15, -0.1) is 24.0 Å².